The van der Waals surface area contributed by atoms with E-state index in [0.717, 1.165) is 6.42 Å². The normalized spacial score (nSPS) is 17.1. The van der Waals surface area contributed by atoms with E-state index in [0.29, 0.717) is 45.9 Å². The van der Waals surface area contributed by atoms with Crippen LogP contribution in [0.2, 0.25) is 5.02 Å². The predicted octanol–water partition coefficient (Wildman–Crippen LogP) is 5.99. The number of likely N-dealkylation sites (tertiary alicyclic amines) is 1. The van der Waals surface area contributed by atoms with Crippen molar-refractivity contribution in [3.63, 3.8) is 0 Å². The molecular weight excluding hydrogens is 482 g/mol. The van der Waals surface area contributed by atoms with Crippen LogP contribution in [0.15, 0.2) is 70.9 Å². The minimum absolute atomic E-state index is 0.0237. The standard InChI is InChI=1S/C28H28ClNO6/c1-17(2)12-14-36-22-11-8-19(15-23(22)34-3)25-24(26(31)18-6-9-20(29)10-7-18)27(32)28(33)30(25)16-21-5-4-13-35-21/h4-11,13,15,17,25,31H,12,14,16H2,1-3H3/b26-24+. The van der Waals surface area contributed by atoms with Crippen LogP contribution in [0, 0.1) is 5.92 Å². The Morgan fingerprint density at radius 2 is 1.86 bits per heavy atom. The fourth-order valence-electron chi connectivity index (χ4n) is 4.10. The molecule has 7 nitrogen and oxygen atoms in total. The molecule has 1 N–H and O–H groups in total. The number of rotatable bonds is 9. The molecule has 1 aliphatic heterocycles. The minimum Gasteiger partial charge on any atom is -0.507 e. The Hall–Kier alpha value is -3.71. The number of aliphatic hydroxyl groups excluding tert-OH is 1. The Labute approximate surface area is 214 Å². The summed E-state index contributed by atoms with van der Waals surface area (Å²) >= 11 is 5.99. The molecule has 4 rings (SSSR count). The van der Waals surface area contributed by atoms with Crippen LogP contribution in [0.5, 0.6) is 11.5 Å². The Morgan fingerprint density at radius 3 is 2.50 bits per heavy atom. The van der Waals surface area contributed by atoms with E-state index in [2.05, 4.69) is 13.8 Å². The van der Waals surface area contributed by atoms with Gasteiger partial charge in [0.1, 0.15) is 11.5 Å². The van der Waals surface area contributed by atoms with Gasteiger partial charge in [0.05, 0.1) is 38.1 Å². The number of carbonyl (C=O) groups is 2. The second-order valence-electron chi connectivity index (χ2n) is 8.95. The zero-order valence-corrected chi connectivity index (χ0v) is 21.1. The van der Waals surface area contributed by atoms with E-state index in [4.69, 9.17) is 25.5 Å². The maximum absolute atomic E-state index is 13.2. The van der Waals surface area contributed by atoms with E-state index < -0.39 is 17.7 Å². The molecule has 0 radical (unpaired) electrons. The maximum Gasteiger partial charge on any atom is 0.296 e. The largest absolute Gasteiger partial charge is 0.507 e. The first-order valence-electron chi connectivity index (χ1n) is 11.7. The van der Waals surface area contributed by atoms with E-state index in [1.807, 2.05) is 0 Å². The Bertz CT molecular complexity index is 1260. The fourth-order valence-corrected chi connectivity index (χ4v) is 4.23. The second-order valence-corrected chi connectivity index (χ2v) is 9.39. The molecule has 1 aromatic heterocycles. The lowest BCUT2D eigenvalue weighted by Gasteiger charge is -2.25. The zero-order valence-electron chi connectivity index (χ0n) is 20.4. The van der Waals surface area contributed by atoms with Crippen LogP contribution in [-0.4, -0.2) is 35.4 Å². The quantitative estimate of drug-likeness (QED) is 0.216. The van der Waals surface area contributed by atoms with Gasteiger partial charge in [-0.15, -0.1) is 0 Å². The third kappa shape index (κ3) is 5.26. The van der Waals surface area contributed by atoms with Crippen molar-refractivity contribution in [2.45, 2.75) is 32.9 Å². The van der Waals surface area contributed by atoms with Crippen molar-refractivity contribution >= 4 is 29.1 Å². The molecule has 0 spiro atoms. The summed E-state index contributed by atoms with van der Waals surface area (Å²) in [7, 11) is 1.53. The van der Waals surface area contributed by atoms with Crippen LogP contribution in [0.25, 0.3) is 5.76 Å². The highest BCUT2D eigenvalue weighted by atomic mass is 35.5. The van der Waals surface area contributed by atoms with Crippen molar-refractivity contribution < 1.29 is 28.6 Å². The molecule has 0 saturated carbocycles. The third-order valence-electron chi connectivity index (χ3n) is 6.02. The average Bonchev–Trinajstić information content (AvgIpc) is 3.46. The molecule has 36 heavy (non-hydrogen) atoms. The molecular formula is C28H28ClNO6. The van der Waals surface area contributed by atoms with Gasteiger partial charge in [-0.2, -0.15) is 0 Å². The summed E-state index contributed by atoms with van der Waals surface area (Å²) in [5.74, 6) is 0.221. The summed E-state index contributed by atoms with van der Waals surface area (Å²) in [6.07, 6.45) is 2.39. The van der Waals surface area contributed by atoms with Gasteiger partial charge in [-0.05, 0) is 66.4 Å². The van der Waals surface area contributed by atoms with Crippen LogP contribution >= 0.6 is 11.6 Å². The lowest BCUT2D eigenvalue weighted by Crippen LogP contribution is -2.29. The fraction of sp³-hybridized carbons (Fsp3) is 0.286. The number of ketones is 1. The van der Waals surface area contributed by atoms with E-state index >= 15 is 0 Å². The Kier molecular flexibility index (Phi) is 7.70. The van der Waals surface area contributed by atoms with Gasteiger partial charge in [-0.25, -0.2) is 0 Å². The number of ether oxygens (including phenoxy) is 2. The first kappa shape index (κ1) is 25.4. The highest BCUT2D eigenvalue weighted by Gasteiger charge is 2.46. The SMILES string of the molecule is COc1cc(C2/C(=C(\O)c3ccc(Cl)cc3)C(=O)C(=O)N2Cc2ccco2)ccc1OCCC(C)C. The molecule has 2 heterocycles. The van der Waals surface area contributed by atoms with Gasteiger partial charge in [0, 0.05) is 10.6 Å². The summed E-state index contributed by atoms with van der Waals surface area (Å²) in [6.45, 7) is 4.81. The lowest BCUT2D eigenvalue weighted by atomic mass is 9.95. The molecule has 3 aromatic rings. The highest BCUT2D eigenvalue weighted by molar-refractivity contribution is 6.46. The van der Waals surface area contributed by atoms with Gasteiger partial charge in [0.25, 0.3) is 11.7 Å². The number of methoxy groups -OCH3 is 1. The molecule has 1 unspecified atom stereocenters. The van der Waals surface area contributed by atoms with Gasteiger partial charge in [-0.1, -0.05) is 31.5 Å². The molecule has 1 aliphatic rings. The van der Waals surface area contributed by atoms with Crippen LogP contribution < -0.4 is 9.47 Å². The van der Waals surface area contributed by atoms with Gasteiger partial charge in [0.15, 0.2) is 11.5 Å². The number of hydrogen-bond donors (Lipinski definition) is 1. The Morgan fingerprint density at radius 1 is 1.11 bits per heavy atom. The smallest absolute Gasteiger partial charge is 0.296 e. The van der Waals surface area contributed by atoms with Gasteiger partial charge in [0.2, 0.25) is 0 Å². The number of carbonyl (C=O) groups excluding carboxylic acids is 2. The molecule has 0 aliphatic carbocycles. The number of amides is 1. The van der Waals surface area contributed by atoms with Crippen molar-refractivity contribution in [1.29, 1.82) is 0 Å². The average molecular weight is 510 g/mol. The second kappa shape index (κ2) is 10.9. The third-order valence-corrected chi connectivity index (χ3v) is 6.27. The summed E-state index contributed by atoms with van der Waals surface area (Å²) in [5, 5.41) is 11.7. The molecule has 1 fully saturated rings. The monoisotopic (exact) mass is 509 g/mol. The van der Waals surface area contributed by atoms with Crippen molar-refractivity contribution in [3.8, 4) is 11.5 Å². The van der Waals surface area contributed by atoms with E-state index in [1.54, 1.807) is 54.6 Å². The molecule has 2 aromatic carbocycles. The molecule has 1 amide bonds. The van der Waals surface area contributed by atoms with Gasteiger partial charge >= 0.3 is 0 Å². The zero-order chi connectivity index (χ0) is 25.8. The van der Waals surface area contributed by atoms with Crippen molar-refractivity contribution in [1.82, 2.24) is 4.90 Å². The highest BCUT2D eigenvalue weighted by Crippen LogP contribution is 2.42. The van der Waals surface area contributed by atoms with Gasteiger partial charge < -0.3 is 23.9 Å². The van der Waals surface area contributed by atoms with Crippen molar-refractivity contribution in [2.75, 3.05) is 13.7 Å². The maximum atomic E-state index is 13.2. The van der Waals surface area contributed by atoms with E-state index in [1.165, 1.54) is 18.3 Å². The summed E-state index contributed by atoms with van der Waals surface area (Å²) in [5.41, 5.74) is 0.940. The topological polar surface area (TPSA) is 89.2 Å². The number of Topliss-reactive ketones (excluding diaryl/α,β-unsaturated/α-hetero) is 1. The summed E-state index contributed by atoms with van der Waals surface area (Å²) in [4.78, 5) is 27.8. The van der Waals surface area contributed by atoms with E-state index in [-0.39, 0.29) is 17.9 Å². The summed E-state index contributed by atoms with van der Waals surface area (Å²) in [6, 6.07) is 14.2. The molecule has 0 bridgehead atoms. The van der Waals surface area contributed by atoms with Crippen LogP contribution in [0.1, 0.15) is 43.2 Å². The number of hydrogen-bond acceptors (Lipinski definition) is 6. The number of halogens is 1. The number of furan rings is 1. The molecule has 8 heteroatoms. The Balaban J connectivity index is 1.79. The lowest BCUT2D eigenvalue weighted by molar-refractivity contribution is -0.140. The molecule has 1 saturated heterocycles. The van der Waals surface area contributed by atoms with Gasteiger partial charge in [-0.3, -0.25) is 9.59 Å². The first-order chi connectivity index (χ1) is 17.3. The summed E-state index contributed by atoms with van der Waals surface area (Å²) < 4.78 is 16.9. The van der Waals surface area contributed by atoms with Crippen LogP contribution in [0.4, 0.5) is 0 Å². The first-order valence-corrected chi connectivity index (χ1v) is 12.1. The van der Waals surface area contributed by atoms with Crippen LogP contribution in [-0.2, 0) is 16.1 Å². The predicted molar refractivity (Wildman–Crippen MR) is 136 cm³/mol. The van der Waals surface area contributed by atoms with Crippen molar-refractivity contribution in [2.24, 2.45) is 5.92 Å². The molecule has 1 atom stereocenters. The van der Waals surface area contributed by atoms with Crippen molar-refractivity contribution in [3.05, 3.63) is 88.3 Å². The minimum atomic E-state index is -0.871. The van der Waals surface area contributed by atoms with Crippen LogP contribution in [0.3, 0.4) is 0 Å². The van der Waals surface area contributed by atoms with E-state index in [9.17, 15) is 14.7 Å². The number of benzene rings is 2. The number of aliphatic hydroxyl groups is 1. The number of nitrogens with zero attached hydrogens (tertiary/aromatic N) is 1. The molecule has 188 valence electrons.